The van der Waals surface area contributed by atoms with Crippen molar-refractivity contribution in [1.82, 2.24) is 4.90 Å². The van der Waals surface area contributed by atoms with Crippen molar-refractivity contribution in [1.29, 1.82) is 0 Å². The molecule has 0 saturated heterocycles. The van der Waals surface area contributed by atoms with Gasteiger partial charge in [-0.2, -0.15) is 0 Å². The molecule has 3 aromatic rings. The van der Waals surface area contributed by atoms with Crippen LogP contribution in [0.5, 0.6) is 0 Å². The number of hydrogen-bond acceptors (Lipinski definition) is 1. The molecule has 0 fully saturated rings. The molecule has 0 spiro atoms. The number of hydrogen-bond donors (Lipinski definition) is 1. The fourth-order valence-electron chi connectivity index (χ4n) is 2.80. The molecule has 3 rings (SSSR count). The first-order chi connectivity index (χ1) is 12.6. The molecule has 0 amide bonds. The fourth-order valence-corrected chi connectivity index (χ4v) is 3.15. The quantitative estimate of drug-likeness (QED) is 0.577. The Balaban J connectivity index is 1.83. The third-order valence-electron chi connectivity index (χ3n) is 4.30. The SMILES string of the molecule is CC(c1ccccc1)N(Cc1ccccc1)C(=S)Nc1ccc(F)cc1. The van der Waals surface area contributed by atoms with E-state index in [1.165, 1.54) is 23.3 Å². The van der Waals surface area contributed by atoms with Crippen molar-refractivity contribution in [3.63, 3.8) is 0 Å². The molecule has 3 aromatic carbocycles. The van der Waals surface area contributed by atoms with E-state index in [-0.39, 0.29) is 11.9 Å². The lowest BCUT2D eigenvalue weighted by atomic mass is 10.1. The summed E-state index contributed by atoms with van der Waals surface area (Å²) < 4.78 is 13.1. The van der Waals surface area contributed by atoms with Crippen LogP contribution in [0.2, 0.25) is 0 Å². The standard InChI is InChI=1S/C22H21FN2S/c1-17(19-10-6-3-7-11-19)25(16-18-8-4-2-5-9-18)22(26)24-21-14-12-20(23)13-15-21/h2-15,17H,16H2,1H3,(H,24,26). The molecule has 0 aliphatic carbocycles. The monoisotopic (exact) mass is 364 g/mol. The van der Waals surface area contributed by atoms with Crippen molar-refractivity contribution >= 4 is 23.0 Å². The number of thiocarbonyl (C=S) groups is 1. The molecule has 0 heterocycles. The van der Waals surface area contributed by atoms with Crippen LogP contribution in [0.25, 0.3) is 0 Å². The van der Waals surface area contributed by atoms with Gasteiger partial charge in [0.2, 0.25) is 0 Å². The van der Waals surface area contributed by atoms with Gasteiger partial charge < -0.3 is 10.2 Å². The van der Waals surface area contributed by atoms with Crippen LogP contribution in [0.3, 0.4) is 0 Å². The van der Waals surface area contributed by atoms with Crippen LogP contribution < -0.4 is 5.32 Å². The van der Waals surface area contributed by atoms with Gasteiger partial charge in [-0.25, -0.2) is 4.39 Å². The number of nitrogens with zero attached hydrogens (tertiary/aromatic N) is 1. The van der Waals surface area contributed by atoms with Gasteiger partial charge in [0, 0.05) is 12.2 Å². The molecule has 1 unspecified atom stereocenters. The maximum absolute atomic E-state index is 13.1. The first-order valence-electron chi connectivity index (χ1n) is 8.55. The largest absolute Gasteiger partial charge is 0.338 e. The van der Waals surface area contributed by atoms with E-state index in [1.54, 1.807) is 12.1 Å². The molecule has 4 heteroatoms. The van der Waals surface area contributed by atoms with Crippen molar-refractivity contribution in [2.45, 2.75) is 19.5 Å². The summed E-state index contributed by atoms with van der Waals surface area (Å²) >= 11 is 5.69. The molecule has 0 aliphatic heterocycles. The molecular formula is C22H21FN2S. The van der Waals surface area contributed by atoms with Crippen molar-refractivity contribution < 1.29 is 4.39 Å². The highest BCUT2D eigenvalue weighted by molar-refractivity contribution is 7.80. The van der Waals surface area contributed by atoms with Gasteiger partial charge in [0.1, 0.15) is 5.82 Å². The Morgan fingerprint density at radius 2 is 1.50 bits per heavy atom. The van der Waals surface area contributed by atoms with Crippen molar-refractivity contribution in [2.24, 2.45) is 0 Å². The highest BCUT2D eigenvalue weighted by Gasteiger charge is 2.19. The molecule has 132 valence electrons. The molecule has 26 heavy (non-hydrogen) atoms. The van der Waals surface area contributed by atoms with E-state index in [2.05, 4.69) is 41.4 Å². The second-order valence-corrected chi connectivity index (χ2v) is 6.52. The van der Waals surface area contributed by atoms with E-state index in [0.29, 0.717) is 11.7 Å². The Hall–Kier alpha value is -2.72. The Morgan fingerprint density at radius 3 is 2.12 bits per heavy atom. The number of halogens is 1. The topological polar surface area (TPSA) is 15.3 Å². The second kappa shape index (κ2) is 8.59. The van der Waals surface area contributed by atoms with Crippen molar-refractivity contribution in [3.05, 3.63) is 102 Å². The minimum Gasteiger partial charge on any atom is -0.338 e. The zero-order chi connectivity index (χ0) is 18.4. The van der Waals surface area contributed by atoms with E-state index in [4.69, 9.17) is 12.2 Å². The second-order valence-electron chi connectivity index (χ2n) is 6.14. The van der Waals surface area contributed by atoms with E-state index in [9.17, 15) is 4.39 Å². The van der Waals surface area contributed by atoms with Crippen LogP contribution in [0, 0.1) is 5.82 Å². The summed E-state index contributed by atoms with van der Waals surface area (Å²) in [4.78, 5) is 2.14. The third-order valence-corrected chi connectivity index (χ3v) is 4.64. The summed E-state index contributed by atoms with van der Waals surface area (Å²) in [7, 11) is 0. The van der Waals surface area contributed by atoms with Gasteiger partial charge >= 0.3 is 0 Å². The van der Waals surface area contributed by atoms with Crippen LogP contribution >= 0.6 is 12.2 Å². The zero-order valence-corrected chi connectivity index (χ0v) is 15.4. The number of benzene rings is 3. The molecule has 0 aliphatic rings. The average Bonchev–Trinajstić information content (AvgIpc) is 2.69. The Kier molecular flexibility index (Phi) is 5.97. The summed E-state index contributed by atoms with van der Waals surface area (Å²) in [5, 5.41) is 3.84. The predicted octanol–water partition coefficient (Wildman–Crippen LogP) is 5.79. The van der Waals surface area contributed by atoms with Gasteiger partial charge in [0.05, 0.1) is 6.04 Å². The fraction of sp³-hybridized carbons (Fsp3) is 0.136. The van der Waals surface area contributed by atoms with Gasteiger partial charge in [-0.1, -0.05) is 60.7 Å². The molecule has 1 atom stereocenters. The number of nitrogens with one attached hydrogen (secondary N) is 1. The van der Waals surface area contributed by atoms with E-state index < -0.39 is 0 Å². The predicted molar refractivity (Wildman–Crippen MR) is 109 cm³/mol. The van der Waals surface area contributed by atoms with Crippen LogP contribution in [0.15, 0.2) is 84.9 Å². The summed E-state index contributed by atoms with van der Waals surface area (Å²) in [6.07, 6.45) is 0. The third kappa shape index (κ3) is 4.67. The first-order valence-corrected chi connectivity index (χ1v) is 8.96. The van der Waals surface area contributed by atoms with Gasteiger partial charge in [-0.3, -0.25) is 0 Å². The van der Waals surface area contributed by atoms with Gasteiger partial charge in [0.15, 0.2) is 5.11 Å². The minimum absolute atomic E-state index is 0.0943. The Morgan fingerprint density at radius 1 is 0.923 bits per heavy atom. The Labute approximate surface area is 159 Å². The summed E-state index contributed by atoms with van der Waals surface area (Å²) in [6.45, 7) is 2.82. The minimum atomic E-state index is -0.264. The van der Waals surface area contributed by atoms with Gasteiger partial charge in [-0.05, 0) is 54.5 Å². The highest BCUT2D eigenvalue weighted by atomic mass is 32.1. The lowest BCUT2D eigenvalue weighted by Crippen LogP contribution is -2.36. The maximum atomic E-state index is 13.1. The van der Waals surface area contributed by atoms with E-state index >= 15 is 0 Å². The van der Waals surface area contributed by atoms with E-state index in [1.807, 2.05) is 36.4 Å². The van der Waals surface area contributed by atoms with Crippen LogP contribution in [-0.4, -0.2) is 10.0 Å². The first kappa shape index (κ1) is 18.1. The average molecular weight is 364 g/mol. The molecular weight excluding hydrogens is 343 g/mol. The number of rotatable bonds is 5. The molecule has 1 N–H and O–H groups in total. The molecule has 2 nitrogen and oxygen atoms in total. The zero-order valence-electron chi connectivity index (χ0n) is 14.6. The van der Waals surface area contributed by atoms with Crippen LogP contribution in [0.1, 0.15) is 24.1 Å². The summed E-state index contributed by atoms with van der Waals surface area (Å²) in [5.74, 6) is -0.264. The van der Waals surface area contributed by atoms with Gasteiger partial charge in [0.25, 0.3) is 0 Å². The molecule has 0 radical (unpaired) electrons. The van der Waals surface area contributed by atoms with Crippen LogP contribution in [-0.2, 0) is 6.54 Å². The highest BCUT2D eigenvalue weighted by Crippen LogP contribution is 2.24. The smallest absolute Gasteiger partial charge is 0.174 e. The normalized spacial score (nSPS) is 11.6. The van der Waals surface area contributed by atoms with Crippen molar-refractivity contribution in [3.8, 4) is 0 Å². The van der Waals surface area contributed by atoms with Crippen molar-refractivity contribution in [2.75, 3.05) is 5.32 Å². The maximum Gasteiger partial charge on any atom is 0.174 e. The lowest BCUT2D eigenvalue weighted by molar-refractivity contribution is 0.334. The molecule has 0 aromatic heterocycles. The summed E-state index contributed by atoms with van der Waals surface area (Å²) in [6, 6.07) is 26.8. The number of anilines is 1. The molecule has 0 saturated carbocycles. The van der Waals surface area contributed by atoms with Crippen LogP contribution in [0.4, 0.5) is 10.1 Å². The van der Waals surface area contributed by atoms with E-state index in [0.717, 1.165) is 5.69 Å². The lowest BCUT2D eigenvalue weighted by Gasteiger charge is -2.32. The molecule has 0 bridgehead atoms. The summed E-state index contributed by atoms with van der Waals surface area (Å²) in [5.41, 5.74) is 3.14. The van der Waals surface area contributed by atoms with Gasteiger partial charge in [-0.15, -0.1) is 0 Å². The Bertz CT molecular complexity index is 835.